The fourth-order valence-electron chi connectivity index (χ4n) is 4.97. The van der Waals surface area contributed by atoms with Crippen LogP contribution in [0.5, 0.6) is 5.75 Å². The Morgan fingerprint density at radius 3 is 3.00 bits per heavy atom. The Hall–Kier alpha value is -2.07. The zero-order valence-corrected chi connectivity index (χ0v) is 14.5. The number of nitrogens with one attached hydrogen (secondary N) is 1. The minimum absolute atomic E-state index is 0.213. The van der Waals surface area contributed by atoms with Gasteiger partial charge in [-0.25, -0.2) is 4.39 Å². The van der Waals surface area contributed by atoms with E-state index in [9.17, 15) is 4.39 Å². The Bertz CT molecular complexity index is 835. The highest BCUT2D eigenvalue weighted by Gasteiger charge is 2.42. The number of ether oxygens (including phenoxy) is 1. The molecule has 25 heavy (non-hydrogen) atoms. The number of benzene rings is 2. The predicted octanol–water partition coefficient (Wildman–Crippen LogP) is 3.71. The van der Waals surface area contributed by atoms with Crippen molar-refractivity contribution in [2.45, 2.75) is 31.2 Å². The van der Waals surface area contributed by atoms with E-state index >= 15 is 0 Å². The minimum atomic E-state index is -0.213. The number of fused-ring (bicyclic) bond motifs is 3. The van der Waals surface area contributed by atoms with E-state index in [2.05, 4.69) is 22.3 Å². The van der Waals surface area contributed by atoms with Crippen LogP contribution >= 0.6 is 0 Å². The Kier molecular flexibility index (Phi) is 3.49. The highest BCUT2D eigenvalue weighted by Crippen LogP contribution is 2.49. The Morgan fingerprint density at radius 2 is 2.16 bits per heavy atom. The van der Waals surface area contributed by atoms with Gasteiger partial charge >= 0.3 is 0 Å². The average molecular weight is 338 g/mol. The van der Waals surface area contributed by atoms with Crippen LogP contribution in [0.4, 0.5) is 10.1 Å². The molecule has 3 aliphatic heterocycles. The lowest BCUT2D eigenvalue weighted by Crippen LogP contribution is -2.45. The highest BCUT2D eigenvalue weighted by molar-refractivity contribution is 5.77. The molecule has 5 rings (SSSR count). The first-order valence-electron chi connectivity index (χ1n) is 9.24. The zero-order valence-electron chi connectivity index (χ0n) is 14.5. The van der Waals surface area contributed by atoms with Gasteiger partial charge in [0.15, 0.2) is 0 Å². The smallest absolute Gasteiger partial charge is 0.134 e. The third kappa shape index (κ3) is 2.27. The van der Waals surface area contributed by atoms with E-state index in [1.165, 1.54) is 35.7 Å². The van der Waals surface area contributed by atoms with Gasteiger partial charge in [-0.05, 0) is 66.8 Å². The van der Waals surface area contributed by atoms with Crippen LogP contribution in [-0.4, -0.2) is 32.8 Å². The van der Waals surface area contributed by atoms with Crippen LogP contribution in [0.25, 0.3) is 11.1 Å². The third-order valence-electron chi connectivity index (χ3n) is 6.08. The number of nitrogens with zero attached hydrogens (tertiary/aromatic N) is 1. The SMILES string of the molecule is COc1ccc(-c2cc3c4c(c2)[C@@H]2CNCC[C@@H]2N4CCC3)c(F)c1. The second-order valence-electron chi connectivity index (χ2n) is 7.38. The monoisotopic (exact) mass is 338 g/mol. The van der Waals surface area contributed by atoms with Crippen LogP contribution in [0.3, 0.4) is 0 Å². The molecule has 2 aromatic rings. The number of halogens is 1. The summed E-state index contributed by atoms with van der Waals surface area (Å²) in [6.45, 7) is 3.29. The molecule has 0 bridgehead atoms. The van der Waals surface area contributed by atoms with Gasteiger partial charge in [0.05, 0.1) is 7.11 Å². The molecular weight excluding hydrogens is 315 g/mol. The molecular formula is C21H23FN2O. The van der Waals surface area contributed by atoms with Gasteiger partial charge in [0.2, 0.25) is 0 Å². The van der Waals surface area contributed by atoms with Gasteiger partial charge < -0.3 is 15.0 Å². The zero-order chi connectivity index (χ0) is 17.0. The molecule has 3 aliphatic rings. The summed E-state index contributed by atoms with van der Waals surface area (Å²) >= 11 is 0. The molecule has 2 aromatic carbocycles. The fourth-order valence-corrected chi connectivity index (χ4v) is 4.97. The molecule has 3 heterocycles. The molecule has 0 aromatic heterocycles. The molecule has 2 atom stereocenters. The number of aryl methyl sites for hydroxylation is 1. The summed E-state index contributed by atoms with van der Waals surface area (Å²) in [7, 11) is 1.57. The van der Waals surface area contributed by atoms with E-state index in [-0.39, 0.29) is 5.82 Å². The van der Waals surface area contributed by atoms with Crippen LogP contribution in [0.1, 0.15) is 29.9 Å². The van der Waals surface area contributed by atoms with Crippen LogP contribution in [0, 0.1) is 5.82 Å². The van der Waals surface area contributed by atoms with E-state index in [1.54, 1.807) is 7.11 Å². The van der Waals surface area contributed by atoms with E-state index < -0.39 is 0 Å². The number of piperidine rings is 1. The van der Waals surface area contributed by atoms with Gasteiger partial charge in [-0.15, -0.1) is 0 Å². The van der Waals surface area contributed by atoms with Crippen molar-refractivity contribution in [1.29, 1.82) is 0 Å². The number of rotatable bonds is 2. The molecule has 0 unspecified atom stereocenters. The van der Waals surface area contributed by atoms with E-state index in [4.69, 9.17) is 4.74 Å². The van der Waals surface area contributed by atoms with E-state index in [0.717, 1.165) is 31.6 Å². The van der Waals surface area contributed by atoms with Crippen LogP contribution in [0.2, 0.25) is 0 Å². The molecule has 4 heteroatoms. The summed E-state index contributed by atoms with van der Waals surface area (Å²) in [6.07, 6.45) is 3.49. The Balaban J connectivity index is 1.65. The second-order valence-corrected chi connectivity index (χ2v) is 7.38. The Morgan fingerprint density at radius 1 is 1.24 bits per heavy atom. The van der Waals surface area contributed by atoms with Crippen molar-refractivity contribution in [2.75, 3.05) is 31.6 Å². The summed E-state index contributed by atoms with van der Waals surface area (Å²) in [6, 6.07) is 10.2. The van der Waals surface area contributed by atoms with Gasteiger partial charge in [-0.1, -0.05) is 0 Å². The maximum absolute atomic E-state index is 14.6. The van der Waals surface area contributed by atoms with E-state index in [1.807, 2.05) is 12.1 Å². The summed E-state index contributed by atoms with van der Waals surface area (Å²) in [5, 5.41) is 3.55. The summed E-state index contributed by atoms with van der Waals surface area (Å²) in [5.74, 6) is 0.879. The topological polar surface area (TPSA) is 24.5 Å². The normalized spacial score (nSPS) is 24.0. The number of hydrogen-bond donors (Lipinski definition) is 1. The molecule has 0 radical (unpaired) electrons. The van der Waals surface area contributed by atoms with Crippen molar-refractivity contribution >= 4 is 5.69 Å². The lowest BCUT2D eigenvalue weighted by atomic mass is 9.87. The highest BCUT2D eigenvalue weighted by atomic mass is 19.1. The first-order chi connectivity index (χ1) is 12.3. The van der Waals surface area contributed by atoms with Crippen LogP contribution < -0.4 is 15.0 Å². The fraction of sp³-hybridized carbons (Fsp3) is 0.429. The number of methoxy groups -OCH3 is 1. The molecule has 1 N–H and O–H groups in total. The molecule has 0 saturated carbocycles. The quantitative estimate of drug-likeness (QED) is 0.903. The van der Waals surface area contributed by atoms with Crippen molar-refractivity contribution in [3.8, 4) is 16.9 Å². The second kappa shape index (κ2) is 5.73. The summed E-state index contributed by atoms with van der Waals surface area (Å²) in [4.78, 5) is 2.63. The summed E-state index contributed by atoms with van der Waals surface area (Å²) < 4.78 is 19.8. The first-order valence-corrected chi connectivity index (χ1v) is 9.24. The maximum atomic E-state index is 14.6. The van der Waals surface area contributed by atoms with Crippen LogP contribution in [0.15, 0.2) is 30.3 Å². The maximum Gasteiger partial charge on any atom is 0.134 e. The lowest BCUT2D eigenvalue weighted by Gasteiger charge is -2.36. The molecule has 0 amide bonds. The van der Waals surface area contributed by atoms with Gasteiger partial charge in [0, 0.05) is 42.4 Å². The molecule has 3 nitrogen and oxygen atoms in total. The standard InChI is InChI=1S/C21H23FN2O/c1-25-15-4-5-16(19(22)11-15)14-9-13-3-2-8-24-20-6-7-23-12-18(20)17(10-14)21(13)24/h4-5,9-11,18,20,23H,2-3,6-8,12H2,1H3/t18-,20-/m0/s1. The van der Waals surface area contributed by atoms with Crippen molar-refractivity contribution in [2.24, 2.45) is 0 Å². The van der Waals surface area contributed by atoms with Crippen molar-refractivity contribution in [3.63, 3.8) is 0 Å². The molecule has 0 spiro atoms. The average Bonchev–Trinajstić information content (AvgIpc) is 2.97. The van der Waals surface area contributed by atoms with Crippen molar-refractivity contribution < 1.29 is 9.13 Å². The van der Waals surface area contributed by atoms with Crippen molar-refractivity contribution in [3.05, 3.63) is 47.3 Å². The van der Waals surface area contributed by atoms with E-state index in [0.29, 0.717) is 23.3 Å². The van der Waals surface area contributed by atoms with Gasteiger partial charge in [0.1, 0.15) is 11.6 Å². The largest absolute Gasteiger partial charge is 0.497 e. The minimum Gasteiger partial charge on any atom is -0.497 e. The lowest BCUT2D eigenvalue weighted by molar-refractivity contribution is 0.400. The van der Waals surface area contributed by atoms with Crippen LogP contribution in [-0.2, 0) is 6.42 Å². The van der Waals surface area contributed by atoms with Gasteiger partial charge in [0.25, 0.3) is 0 Å². The predicted molar refractivity (Wildman–Crippen MR) is 98.1 cm³/mol. The number of hydrogen-bond acceptors (Lipinski definition) is 3. The van der Waals surface area contributed by atoms with Gasteiger partial charge in [-0.3, -0.25) is 0 Å². The third-order valence-corrected chi connectivity index (χ3v) is 6.08. The summed E-state index contributed by atoms with van der Waals surface area (Å²) in [5.41, 5.74) is 5.93. The number of anilines is 1. The molecule has 1 saturated heterocycles. The van der Waals surface area contributed by atoms with Crippen molar-refractivity contribution in [1.82, 2.24) is 5.32 Å². The Labute approximate surface area is 147 Å². The molecule has 1 fully saturated rings. The molecule has 0 aliphatic carbocycles. The molecule has 130 valence electrons. The first kappa shape index (κ1) is 15.2. The van der Waals surface area contributed by atoms with Gasteiger partial charge in [-0.2, -0.15) is 0 Å².